The maximum absolute atomic E-state index is 13.3. The zero-order valence-corrected chi connectivity index (χ0v) is 22.4. The number of hydrogen-bond acceptors (Lipinski definition) is 9. The number of benzene rings is 3. The quantitative estimate of drug-likeness (QED) is 0.250. The average molecular weight is 571 g/mol. The van der Waals surface area contributed by atoms with Gasteiger partial charge < -0.3 is 18.9 Å². The van der Waals surface area contributed by atoms with E-state index in [0.29, 0.717) is 0 Å². The predicted octanol–water partition coefficient (Wildman–Crippen LogP) is 3.13. The van der Waals surface area contributed by atoms with E-state index in [0.717, 1.165) is 10.6 Å². The topological polar surface area (TPSA) is 143 Å². The highest BCUT2D eigenvalue weighted by Gasteiger charge is 2.58. The summed E-state index contributed by atoms with van der Waals surface area (Å²) >= 11 is 0. The first-order valence-corrected chi connectivity index (χ1v) is 13.0. The normalized spacial score (nSPS) is 21.3. The van der Waals surface area contributed by atoms with Crippen LogP contribution in [0.25, 0.3) is 0 Å². The first kappa shape index (κ1) is 28.2. The highest BCUT2D eigenvalue weighted by Crippen LogP contribution is 2.41. The number of nitrogens with zero attached hydrogens (tertiary/aromatic N) is 1. The number of ether oxygens (including phenoxy) is 4. The Morgan fingerprint density at radius 2 is 1.26 bits per heavy atom. The summed E-state index contributed by atoms with van der Waals surface area (Å²) in [5.41, 5.74) is -2.44. The Hall–Kier alpha value is -5.29. The first-order valence-electron chi connectivity index (χ1n) is 13.0. The van der Waals surface area contributed by atoms with Gasteiger partial charge in [-0.2, -0.15) is 0 Å². The molecule has 0 bridgehead atoms. The van der Waals surface area contributed by atoms with Crippen LogP contribution in [-0.4, -0.2) is 51.9 Å². The van der Waals surface area contributed by atoms with Crippen molar-refractivity contribution in [2.24, 2.45) is 0 Å². The second kappa shape index (κ2) is 12.1. The number of carbonyl (C=O) groups excluding carboxylic acids is 3. The number of carbonyl (C=O) groups is 3. The fourth-order valence-electron chi connectivity index (χ4n) is 4.57. The highest BCUT2D eigenvalue weighted by molar-refractivity contribution is 5.91. The third-order valence-corrected chi connectivity index (χ3v) is 6.69. The number of nitrogens with one attached hydrogen (secondary N) is 1. The van der Waals surface area contributed by atoms with E-state index < -0.39 is 59.8 Å². The summed E-state index contributed by atoms with van der Waals surface area (Å²) in [6.07, 6.45) is -2.98. The minimum absolute atomic E-state index is 0.197. The molecule has 1 aliphatic heterocycles. The van der Waals surface area contributed by atoms with Crippen LogP contribution in [0.1, 0.15) is 44.2 Å². The van der Waals surface area contributed by atoms with E-state index in [1.165, 1.54) is 25.3 Å². The Balaban J connectivity index is 1.54. The van der Waals surface area contributed by atoms with E-state index in [2.05, 4.69) is 4.98 Å². The van der Waals surface area contributed by atoms with Crippen LogP contribution in [0.15, 0.2) is 113 Å². The molecule has 1 aliphatic rings. The molecule has 4 atom stereocenters. The summed E-state index contributed by atoms with van der Waals surface area (Å²) in [6, 6.07) is 25.5. The number of hydrogen-bond donors (Lipinski definition) is 1. The summed E-state index contributed by atoms with van der Waals surface area (Å²) in [7, 11) is 0. The number of esters is 3. The van der Waals surface area contributed by atoms with Gasteiger partial charge in [0, 0.05) is 12.3 Å². The van der Waals surface area contributed by atoms with E-state index in [4.69, 9.17) is 18.9 Å². The third-order valence-electron chi connectivity index (χ3n) is 6.69. The van der Waals surface area contributed by atoms with E-state index in [-0.39, 0.29) is 16.7 Å². The fourth-order valence-corrected chi connectivity index (χ4v) is 4.57. The predicted molar refractivity (Wildman–Crippen MR) is 148 cm³/mol. The van der Waals surface area contributed by atoms with E-state index in [9.17, 15) is 24.0 Å². The van der Waals surface area contributed by atoms with Gasteiger partial charge in [0.25, 0.3) is 5.56 Å². The smallest absolute Gasteiger partial charge is 0.338 e. The second-order valence-corrected chi connectivity index (χ2v) is 9.71. The van der Waals surface area contributed by atoms with Gasteiger partial charge in [-0.15, -0.1) is 0 Å². The molecule has 4 aromatic rings. The van der Waals surface area contributed by atoms with Gasteiger partial charge in [0.1, 0.15) is 12.2 Å². The minimum Gasteiger partial charge on any atom is -0.459 e. The standard InChI is InChI=1S/C31H26N2O9/c1-31(19-39-27(35)20-11-5-2-6-12-20)25(41-29(37)22-15-9-4-10-16-22)24(40-28(36)21-13-7-3-8-14-21)26(42-31)33-18-17-23(34)32-30(33)38/h2-18,24-26H,19H2,1H3,(H,32,34,38)/t24?,25?,26-,31-/m1/s1. The van der Waals surface area contributed by atoms with Gasteiger partial charge >= 0.3 is 23.6 Å². The summed E-state index contributed by atoms with van der Waals surface area (Å²) in [5.74, 6) is -2.21. The van der Waals surface area contributed by atoms with Crippen LogP contribution in [-0.2, 0) is 18.9 Å². The number of rotatable bonds is 8. The molecule has 2 unspecified atom stereocenters. The molecule has 11 heteroatoms. The molecular formula is C31H26N2O9. The Morgan fingerprint density at radius 3 is 1.79 bits per heavy atom. The van der Waals surface area contributed by atoms with Crippen molar-refractivity contribution in [3.63, 3.8) is 0 Å². The minimum atomic E-state index is -1.61. The molecule has 1 aromatic heterocycles. The number of aromatic amines is 1. The Kier molecular flexibility index (Phi) is 8.12. The number of aromatic nitrogens is 2. The van der Waals surface area contributed by atoms with Crippen LogP contribution in [0.2, 0.25) is 0 Å². The monoisotopic (exact) mass is 570 g/mol. The third kappa shape index (κ3) is 6.06. The molecule has 1 saturated heterocycles. The number of H-pyrrole nitrogens is 1. The summed E-state index contributed by atoms with van der Waals surface area (Å²) < 4.78 is 24.6. The molecule has 0 spiro atoms. The van der Waals surface area contributed by atoms with E-state index in [1.807, 2.05) is 0 Å². The van der Waals surface area contributed by atoms with Crippen LogP contribution in [0, 0.1) is 0 Å². The van der Waals surface area contributed by atoms with Crippen molar-refractivity contribution in [1.29, 1.82) is 0 Å². The van der Waals surface area contributed by atoms with E-state index in [1.54, 1.807) is 78.9 Å². The highest BCUT2D eigenvalue weighted by atomic mass is 16.7. The molecule has 1 fully saturated rings. The lowest BCUT2D eigenvalue weighted by Gasteiger charge is -2.30. The van der Waals surface area contributed by atoms with Crippen molar-refractivity contribution >= 4 is 17.9 Å². The van der Waals surface area contributed by atoms with Gasteiger partial charge in [0.05, 0.1) is 16.7 Å². The van der Waals surface area contributed by atoms with Crippen molar-refractivity contribution in [2.75, 3.05) is 6.61 Å². The van der Waals surface area contributed by atoms with Gasteiger partial charge in [-0.3, -0.25) is 14.3 Å². The Labute approximate surface area is 239 Å². The second-order valence-electron chi connectivity index (χ2n) is 9.71. The molecule has 0 radical (unpaired) electrons. The molecule has 0 saturated carbocycles. The molecule has 2 heterocycles. The average Bonchev–Trinajstić information content (AvgIpc) is 3.27. The first-order chi connectivity index (χ1) is 20.2. The molecule has 11 nitrogen and oxygen atoms in total. The molecule has 0 aliphatic carbocycles. The van der Waals surface area contributed by atoms with Crippen molar-refractivity contribution in [1.82, 2.24) is 9.55 Å². The maximum Gasteiger partial charge on any atom is 0.338 e. The summed E-state index contributed by atoms with van der Waals surface area (Å²) in [6.45, 7) is 1.07. The Bertz CT molecular complexity index is 1690. The summed E-state index contributed by atoms with van der Waals surface area (Å²) in [4.78, 5) is 66.1. The van der Waals surface area contributed by atoms with Crippen LogP contribution in [0.4, 0.5) is 0 Å². The van der Waals surface area contributed by atoms with Crippen molar-refractivity contribution in [3.05, 3.63) is 141 Å². The van der Waals surface area contributed by atoms with Crippen molar-refractivity contribution < 1.29 is 33.3 Å². The zero-order chi connectivity index (χ0) is 29.7. The van der Waals surface area contributed by atoms with Gasteiger partial charge in [-0.05, 0) is 43.3 Å². The van der Waals surface area contributed by atoms with Gasteiger partial charge in [0.2, 0.25) is 0 Å². The SMILES string of the molecule is C[C@]1(COC(=O)c2ccccc2)O[C@@H](n2ccc(=O)[nH]c2=O)C(OC(=O)c2ccccc2)C1OC(=O)c1ccccc1. The molecule has 214 valence electrons. The van der Waals surface area contributed by atoms with Crippen molar-refractivity contribution in [3.8, 4) is 0 Å². The molecule has 3 aromatic carbocycles. The maximum atomic E-state index is 13.3. The molecule has 1 N–H and O–H groups in total. The van der Waals surface area contributed by atoms with Gasteiger partial charge in [-0.1, -0.05) is 54.6 Å². The molecular weight excluding hydrogens is 544 g/mol. The largest absolute Gasteiger partial charge is 0.459 e. The Morgan fingerprint density at radius 1 is 0.762 bits per heavy atom. The van der Waals surface area contributed by atoms with Crippen LogP contribution >= 0.6 is 0 Å². The lowest BCUT2D eigenvalue weighted by molar-refractivity contribution is -0.122. The lowest BCUT2D eigenvalue weighted by atomic mass is 9.97. The van der Waals surface area contributed by atoms with Crippen molar-refractivity contribution in [2.45, 2.75) is 31.0 Å². The lowest BCUT2D eigenvalue weighted by Crippen LogP contribution is -2.49. The summed E-state index contributed by atoms with van der Waals surface area (Å²) in [5, 5.41) is 0. The van der Waals surface area contributed by atoms with Crippen LogP contribution in [0.3, 0.4) is 0 Å². The van der Waals surface area contributed by atoms with Crippen LogP contribution in [0.5, 0.6) is 0 Å². The molecule has 42 heavy (non-hydrogen) atoms. The van der Waals surface area contributed by atoms with E-state index >= 15 is 0 Å². The molecule has 0 amide bonds. The fraction of sp³-hybridized carbons (Fsp3) is 0.194. The van der Waals surface area contributed by atoms with Gasteiger partial charge in [-0.25, -0.2) is 19.2 Å². The zero-order valence-electron chi connectivity index (χ0n) is 22.4. The molecule has 5 rings (SSSR count). The van der Waals surface area contributed by atoms with Gasteiger partial charge in [0.15, 0.2) is 18.4 Å². The van der Waals surface area contributed by atoms with Crippen LogP contribution < -0.4 is 11.2 Å².